The zero-order valence-corrected chi connectivity index (χ0v) is 15.2. The molecule has 0 unspecified atom stereocenters. The summed E-state index contributed by atoms with van der Waals surface area (Å²) in [5, 5.41) is 1.86. The third kappa shape index (κ3) is 5.13. The number of carbonyl (C=O) groups excluding carboxylic acids is 2. The van der Waals surface area contributed by atoms with Crippen molar-refractivity contribution in [3.8, 4) is 5.75 Å². The number of anilines is 1. The van der Waals surface area contributed by atoms with E-state index >= 15 is 0 Å². The summed E-state index contributed by atoms with van der Waals surface area (Å²) < 4.78 is 44.5. The molecule has 0 bridgehead atoms. The van der Waals surface area contributed by atoms with Crippen LogP contribution in [0.4, 0.5) is 18.9 Å². The van der Waals surface area contributed by atoms with Gasteiger partial charge in [-0.2, -0.15) is 13.2 Å². The standard InChI is InChI=1S/C19H15F3N2O3S/c20-19(21,22)13-8-4-5-9-14(13)23-16(25)10-15-18(26)24-17(28-15)11-27-12-6-2-1-3-7-12/h1-9,15H,10-11H2,(H,23,25)/t15-/m1/s1. The van der Waals surface area contributed by atoms with Crippen molar-refractivity contribution in [2.75, 3.05) is 11.9 Å². The molecule has 1 atom stereocenters. The first-order valence-electron chi connectivity index (χ1n) is 8.25. The topological polar surface area (TPSA) is 67.8 Å². The van der Waals surface area contributed by atoms with Crippen LogP contribution in [-0.4, -0.2) is 28.7 Å². The average Bonchev–Trinajstić information content (AvgIpc) is 3.00. The first kappa shape index (κ1) is 19.9. The van der Waals surface area contributed by atoms with E-state index in [1.165, 1.54) is 18.2 Å². The summed E-state index contributed by atoms with van der Waals surface area (Å²) in [6.07, 6.45) is -4.87. The third-order valence-electron chi connectivity index (χ3n) is 3.77. The molecule has 2 aromatic rings. The van der Waals surface area contributed by atoms with Crippen molar-refractivity contribution in [1.82, 2.24) is 0 Å². The van der Waals surface area contributed by atoms with E-state index in [2.05, 4.69) is 10.3 Å². The largest absolute Gasteiger partial charge is 0.487 e. The van der Waals surface area contributed by atoms with Crippen molar-refractivity contribution in [3.63, 3.8) is 0 Å². The van der Waals surface area contributed by atoms with Gasteiger partial charge in [0.2, 0.25) is 5.91 Å². The number of amides is 2. The molecule has 2 amide bonds. The second-order valence-corrected chi connectivity index (χ2v) is 7.12. The maximum absolute atomic E-state index is 13.0. The van der Waals surface area contributed by atoms with Crippen LogP contribution in [0.1, 0.15) is 12.0 Å². The normalized spacial score (nSPS) is 16.6. The van der Waals surface area contributed by atoms with Crippen molar-refractivity contribution in [2.24, 2.45) is 4.99 Å². The summed E-state index contributed by atoms with van der Waals surface area (Å²) in [5.74, 6) is -0.581. The summed E-state index contributed by atoms with van der Waals surface area (Å²) in [4.78, 5) is 28.0. The second-order valence-electron chi connectivity index (χ2n) is 5.85. The molecule has 1 heterocycles. The fourth-order valence-corrected chi connectivity index (χ4v) is 3.49. The van der Waals surface area contributed by atoms with E-state index in [1.807, 2.05) is 6.07 Å². The molecule has 5 nitrogen and oxygen atoms in total. The number of rotatable bonds is 6. The van der Waals surface area contributed by atoms with Crippen LogP contribution in [0, 0.1) is 0 Å². The monoisotopic (exact) mass is 408 g/mol. The smallest absolute Gasteiger partial charge is 0.418 e. The Morgan fingerprint density at radius 1 is 1.11 bits per heavy atom. The molecule has 2 aromatic carbocycles. The average molecular weight is 408 g/mol. The zero-order valence-electron chi connectivity index (χ0n) is 14.4. The molecular formula is C19H15F3N2O3S. The molecule has 1 aliphatic rings. The summed E-state index contributed by atoms with van der Waals surface area (Å²) in [7, 11) is 0. The highest BCUT2D eigenvalue weighted by Crippen LogP contribution is 2.35. The van der Waals surface area contributed by atoms with Crippen molar-refractivity contribution in [1.29, 1.82) is 0 Å². The highest BCUT2D eigenvalue weighted by atomic mass is 32.2. The van der Waals surface area contributed by atoms with E-state index in [9.17, 15) is 22.8 Å². The number of halogens is 3. The lowest BCUT2D eigenvalue weighted by Crippen LogP contribution is -2.23. The predicted molar refractivity (Wildman–Crippen MR) is 100 cm³/mol. The van der Waals surface area contributed by atoms with Crippen LogP contribution in [0.3, 0.4) is 0 Å². The van der Waals surface area contributed by atoms with Gasteiger partial charge in [-0.25, -0.2) is 4.99 Å². The van der Waals surface area contributed by atoms with Gasteiger partial charge >= 0.3 is 6.18 Å². The third-order valence-corrected chi connectivity index (χ3v) is 4.91. The van der Waals surface area contributed by atoms with Crippen LogP contribution in [-0.2, 0) is 15.8 Å². The van der Waals surface area contributed by atoms with Crippen LogP contribution in [0.25, 0.3) is 0 Å². The minimum Gasteiger partial charge on any atom is -0.487 e. The number of nitrogens with one attached hydrogen (secondary N) is 1. The van der Waals surface area contributed by atoms with E-state index in [1.54, 1.807) is 24.3 Å². The highest BCUT2D eigenvalue weighted by Gasteiger charge is 2.35. The molecule has 0 saturated heterocycles. The first-order valence-corrected chi connectivity index (χ1v) is 9.13. The molecule has 1 aliphatic heterocycles. The fraction of sp³-hybridized carbons (Fsp3) is 0.211. The molecule has 28 heavy (non-hydrogen) atoms. The second kappa shape index (κ2) is 8.47. The molecule has 0 spiro atoms. The molecule has 3 rings (SSSR count). The fourth-order valence-electron chi connectivity index (χ4n) is 2.50. The van der Waals surface area contributed by atoms with Gasteiger partial charge in [0.1, 0.15) is 22.7 Å². The van der Waals surface area contributed by atoms with E-state index < -0.39 is 28.8 Å². The van der Waals surface area contributed by atoms with Crippen LogP contribution in [0.2, 0.25) is 0 Å². The molecule has 9 heteroatoms. The number of hydrogen-bond donors (Lipinski definition) is 1. The van der Waals surface area contributed by atoms with E-state index in [0.717, 1.165) is 17.8 Å². The van der Waals surface area contributed by atoms with Crippen molar-refractivity contribution in [2.45, 2.75) is 17.8 Å². The van der Waals surface area contributed by atoms with Gasteiger partial charge in [0.05, 0.1) is 11.3 Å². The Morgan fingerprint density at radius 3 is 2.50 bits per heavy atom. The Balaban J connectivity index is 1.55. The Morgan fingerprint density at radius 2 is 1.79 bits per heavy atom. The van der Waals surface area contributed by atoms with Gasteiger partial charge < -0.3 is 10.1 Å². The lowest BCUT2D eigenvalue weighted by atomic mass is 10.1. The SMILES string of the molecule is O=C(C[C@H]1SC(COc2ccccc2)=NC1=O)Nc1ccccc1C(F)(F)F. The highest BCUT2D eigenvalue weighted by molar-refractivity contribution is 8.15. The van der Waals surface area contributed by atoms with Crippen LogP contribution in [0.5, 0.6) is 5.75 Å². The number of alkyl halides is 3. The van der Waals surface area contributed by atoms with Gasteiger partial charge in [-0.3, -0.25) is 9.59 Å². The maximum atomic E-state index is 13.0. The Labute approximate surface area is 163 Å². The van der Waals surface area contributed by atoms with Gasteiger partial charge in [0, 0.05) is 6.42 Å². The van der Waals surface area contributed by atoms with Crippen LogP contribution in [0.15, 0.2) is 59.6 Å². The number of carbonyl (C=O) groups is 2. The van der Waals surface area contributed by atoms with Gasteiger partial charge in [-0.15, -0.1) is 0 Å². The summed E-state index contributed by atoms with van der Waals surface area (Å²) >= 11 is 1.08. The van der Waals surface area contributed by atoms with Crippen molar-refractivity contribution < 1.29 is 27.5 Å². The number of nitrogens with zero attached hydrogens (tertiary/aromatic N) is 1. The van der Waals surface area contributed by atoms with Gasteiger partial charge in [0.25, 0.3) is 5.91 Å². The first-order chi connectivity index (χ1) is 13.3. The Hall–Kier alpha value is -2.81. The minimum atomic E-state index is -4.59. The minimum absolute atomic E-state index is 0.0788. The summed E-state index contributed by atoms with van der Waals surface area (Å²) in [6, 6.07) is 13.6. The molecular weight excluding hydrogens is 393 g/mol. The summed E-state index contributed by atoms with van der Waals surface area (Å²) in [5.41, 5.74) is -1.29. The van der Waals surface area contributed by atoms with E-state index in [0.29, 0.717) is 10.8 Å². The zero-order chi connectivity index (χ0) is 20.1. The number of para-hydroxylation sites is 2. The number of thioether (sulfide) groups is 1. The number of aliphatic imine (C=N–C) groups is 1. The lowest BCUT2D eigenvalue weighted by molar-refractivity contribution is -0.137. The van der Waals surface area contributed by atoms with Crippen molar-refractivity contribution >= 4 is 34.3 Å². The molecule has 1 N–H and O–H groups in total. The van der Waals surface area contributed by atoms with E-state index in [-0.39, 0.29) is 18.7 Å². The maximum Gasteiger partial charge on any atom is 0.418 e. The Kier molecular flexibility index (Phi) is 6.03. The molecule has 0 aromatic heterocycles. The van der Waals surface area contributed by atoms with Crippen LogP contribution >= 0.6 is 11.8 Å². The predicted octanol–water partition coefficient (Wildman–Crippen LogP) is 4.15. The molecule has 146 valence electrons. The molecule has 0 saturated carbocycles. The number of benzene rings is 2. The lowest BCUT2D eigenvalue weighted by Gasteiger charge is -2.14. The summed E-state index contributed by atoms with van der Waals surface area (Å²) in [6.45, 7) is 0.0788. The Bertz CT molecular complexity index is 901. The number of hydrogen-bond acceptors (Lipinski definition) is 4. The molecule has 0 fully saturated rings. The van der Waals surface area contributed by atoms with Gasteiger partial charge in [-0.05, 0) is 24.3 Å². The molecule has 0 radical (unpaired) electrons. The molecule has 0 aliphatic carbocycles. The quantitative estimate of drug-likeness (QED) is 0.780. The van der Waals surface area contributed by atoms with Gasteiger partial charge in [-0.1, -0.05) is 42.1 Å². The van der Waals surface area contributed by atoms with E-state index in [4.69, 9.17) is 4.74 Å². The van der Waals surface area contributed by atoms with Crippen molar-refractivity contribution in [3.05, 3.63) is 60.2 Å². The van der Waals surface area contributed by atoms with Gasteiger partial charge in [0.15, 0.2) is 0 Å². The number of ether oxygens (including phenoxy) is 1. The van der Waals surface area contributed by atoms with Crippen LogP contribution < -0.4 is 10.1 Å².